The number of ether oxygens (including phenoxy) is 2. The van der Waals surface area contributed by atoms with E-state index >= 15 is 0 Å². The van der Waals surface area contributed by atoms with Crippen LogP contribution < -0.4 is 10.1 Å². The molecule has 0 radical (unpaired) electrons. The number of halogens is 1. The Balaban J connectivity index is 1.88. The minimum atomic E-state index is -3.17. The zero-order chi connectivity index (χ0) is 17.0. The number of benzene rings is 1. The number of carbonyl (C=O) groups excluding carboxylic acids is 2. The van der Waals surface area contributed by atoms with Crippen molar-refractivity contribution in [1.82, 2.24) is 0 Å². The van der Waals surface area contributed by atoms with Gasteiger partial charge in [0.1, 0.15) is 5.75 Å². The molecular weight excluding hydrogens is 346 g/mol. The fraction of sp³-hybridized carbons (Fsp3) is 0.429. The number of rotatable bonds is 5. The van der Waals surface area contributed by atoms with Gasteiger partial charge in [0.15, 0.2) is 16.4 Å². The molecule has 0 spiro atoms. The quantitative estimate of drug-likeness (QED) is 0.793. The van der Waals surface area contributed by atoms with Gasteiger partial charge in [0.2, 0.25) is 0 Å². The van der Waals surface area contributed by atoms with Gasteiger partial charge in [-0.15, -0.1) is 0 Å². The van der Waals surface area contributed by atoms with E-state index < -0.39 is 34.2 Å². The Morgan fingerprint density at radius 1 is 1.39 bits per heavy atom. The fourth-order valence-corrected chi connectivity index (χ4v) is 4.10. The summed E-state index contributed by atoms with van der Waals surface area (Å²) in [6, 6.07) is 4.70. The molecule has 1 aliphatic heterocycles. The van der Waals surface area contributed by atoms with Gasteiger partial charge >= 0.3 is 5.97 Å². The van der Waals surface area contributed by atoms with E-state index in [2.05, 4.69) is 5.32 Å². The number of nitrogens with one attached hydrogen (secondary N) is 1. The van der Waals surface area contributed by atoms with Crippen molar-refractivity contribution in [3.63, 3.8) is 0 Å². The highest BCUT2D eigenvalue weighted by atomic mass is 35.5. The van der Waals surface area contributed by atoms with Gasteiger partial charge in [-0.2, -0.15) is 0 Å². The second-order valence-corrected chi connectivity index (χ2v) is 7.77. The molecule has 1 aliphatic rings. The van der Waals surface area contributed by atoms with Gasteiger partial charge < -0.3 is 14.8 Å². The maximum Gasteiger partial charge on any atom is 0.310 e. The van der Waals surface area contributed by atoms with Crippen LogP contribution in [0.25, 0.3) is 0 Å². The van der Waals surface area contributed by atoms with E-state index in [1.807, 2.05) is 0 Å². The fourth-order valence-electron chi connectivity index (χ4n) is 2.20. The highest BCUT2D eigenvalue weighted by molar-refractivity contribution is 7.91. The van der Waals surface area contributed by atoms with E-state index in [-0.39, 0.29) is 17.9 Å². The number of amides is 1. The third-order valence-corrected chi connectivity index (χ3v) is 5.35. The zero-order valence-corrected chi connectivity index (χ0v) is 13.9. The second kappa shape index (κ2) is 7.18. The van der Waals surface area contributed by atoms with Crippen LogP contribution in [0.4, 0.5) is 5.69 Å². The molecule has 0 aliphatic carbocycles. The van der Waals surface area contributed by atoms with Crippen LogP contribution in [0.3, 0.4) is 0 Å². The molecule has 9 heteroatoms. The molecule has 1 N–H and O–H groups in total. The highest BCUT2D eigenvalue weighted by Gasteiger charge is 2.34. The molecule has 1 aromatic carbocycles. The third kappa shape index (κ3) is 4.84. The first kappa shape index (κ1) is 17.6. The van der Waals surface area contributed by atoms with Crippen LogP contribution in [0.5, 0.6) is 5.75 Å². The van der Waals surface area contributed by atoms with Crippen LogP contribution in [-0.4, -0.2) is 45.5 Å². The van der Waals surface area contributed by atoms with E-state index in [9.17, 15) is 18.0 Å². The standard InChI is InChI=1S/C14H16ClNO6S/c1-21-12-3-2-10(15)6-11(12)16-13(17)7-22-14(18)9-4-5-23(19,20)8-9/h2-3,6,9H,4-5,7-8H2,1H3,(H,16,17). The Hall–Kier alpha value is -1.80. The van der Waals surface area contributed by atoms with Crippen LogP contribution >= 0.6 is 11.6 Å². The molecule has 1 heterocycles. The summed E-state index contributed by atoms with van der Waals surface area (Å²) in [7, 11) is -1.73. The van der Waals surface area contributed by atoms with E-state index in [1.54, 1.807) is 12.1 Å². The van der Waals surface area contributed by atoms with Crippen molar-refractivity contribution in [2.45, 2.75) is 6.42 Å². The van der Waals surface area contributed by atoms with E-state index in [0.29, 0.717) is 16.5 Å². The van der Waals surface area contributed by atoms with Crippen molar-refractivity contribution in [2.75, 3.05) is 30.5 Å². The largest absolute Gasteiger partial charge is 0.495 e. The number of sulfone groups is 1. The number of hydrogen-bond acceptors (Lipinski definition) is 6. The topological polar surface area (TPSA) is 98.8 Å². The lowest BCUT2D eigenvalue weighted by atomic mass is 10.1. The lowest BCUT2D eigenvalue weighted by Crippen LogP contribution is -2.25. The smallest absolute Gasteiger partial charge is 0.310 e. The summed E-state index contributed by atoms with van der Waals surface area (Å²) in [6.07, 6.45) is 0.227. The van der Waals surface area contributed by atoms with Gasteiger partial charge in [0.25, 0.3) is 5.91 Å². The SMILES string of the molecule is COc1ccc(Cl)cc1NC(=O)COC(=O)C1CCS(=O)(=O)C1. The van der Waals surface area contributed by atoms with Gasteiger partial charge in [0.05, 0.1) is 30.2 Å². The molecule has 1 fully saturated rings. The Bertz CT molecular complexity index is 718. The third-order valence-electron chi connectivity index (χ3n) is 3.35. The highest BCUT2D eigenvalue weighted by Crippen LogP contribution is 2.27. The van der Waals surface area contributed by atoms with Crippen LogP contribution in [0.1, 0.15) is 6.42 Å². The van der Waals surface area contributed by atoms with Gasteiger partial charge in [0, 0.05) is 5.02 Å². The summed E-state index contributed by atoms with van der Waals surface area (Å²) < 4.78 is 32.6. The van der Waals surface area contributed by atoms with Crippen molar-refractivity contribution in [1.29, 1.82) is 0 Å². The van der Waals surface area contributed by atoms with Crippen LogP contribution in [0.2, 0.25) is 5.02 Å². The number of esters is 1. The average molecular weight is 362 g/mol. The Labute approximate surface area is 138 Å². The minimum Gasteiger partial charge on any atom is -0.495 e. The summed E-state index contributed by atoms with van der Waals surface area (Å²) >= 11 is 5.85. The van der Waals surface area contributed by atoms with Crippen LogP contribution in [-0.2, 0) is 24.2 Å². The van der Waals surface area contributed by atoms with Crippen LogP contribution in [0.15, 0.2) is 18.2 Å². The van der Waals surface area contributed by atoms with Crippen molar-refractivity contribution in [3.8, 4) is 5.75 Å². The van der Waals surface area contributed by atoms with E-state index in [1.165, 1.54) is 13.2 Å². The van der Waals surface area contributed by atoms with Gasteiger partial charge in [-0.05, 0) is 24.6 Å². The first-order chi connectivity index (χ1) is 10.8. The Kier molecular flexibility index (Phi) is 5.48. The van der Waals surface area contributed by atoms with Gasteiger partial charge in [-0.25, -0.2) is 8.42 Å². The molecule has 23 heavy (non-hydrogen) atoms. The molecule has 1 amide bonds. The average Bonchev–Trinajstić information content (AvgIpc) is 2.85. The molecule has 0 saturated carbocycles. The summed E-state index contributed by atoms with van der Waals surface area (Å²) in [5.41, 5.74) is 0.351. The number of methoxy groups -OCH3 is 1. The van der Waals surface area contributed by atoms with Gasteiger partial charge in [-0.3, -0.25) is 9.59 Å². The molecule has 0 aromatic heterocycles. The molecule has 1 unspecified atom stereocenters. The molecule has 1 saturated heterocycles. The Morgan fingerprint density at radius 3 is 2.74 bits per heavy atom. The lowest BCUT2D eigenvalue weighted by Gasteiger charge is -2.12. The summed E-state index contributed by atoms with van der Waals surface area (Å²) in [5, 5.41) is 2.93. The molecule has 1 atom stereocenters. The number of carbonyl (C=O) groups is 2. The summed E-state index contributed by atoms with van der Waals surface area (Å²) in [4.78, 5) is 23.6. The van der Waals surface area contributed by atoms with E-state index in [0.717, 1.165) is 0 Å². The lowest BCUT2D eigenvalue weighted by molar-refractivity contribution is -0.150. The monoisotopic (exact) mass is 361 g/mol. The first-order valence-electron chi connectivity index (χ1n) is 6.81. The maximum absolute atomic E-state index is 11.8. The maximum atomic E-state index is 11.8. The molecular formula is C14H16ClNO6S. The second-order valence-electron chi connectivity index (χ2n) is 5.10. The Morgan fingerprint density at radius 2 is 2.13 bits per heavy atom. The first-order valence-corrected chi connectivity index (χ1v) is 9.01. The number of hydrogen-bond donors (Lipinski definition) is 1. The van der Waals surface area contributed by atoms with Crippen molar-refractivity contribution in [2.24, 2.45) is 5.92 Å². The zero-order valence-electron chi connectivity index (χ0n) is 12.4. The molecule has 126 valence electrons. The minimum absolute atomic E-state index is 0.0291. The van der Waals surface area contributed by atoms with Gasteiger partial charge in [-0.1, -0.05) is 11.6 Å². The van der Waals surface area contributed by atoms with Crippen LogP contribution in [0, 0.1) is 5.92 Å². The van der Waals surface area contributed by atoms with Crippen molar-refractivity contribution in [3.05, 3.63) is 23.2 Å². The normalized spacial score (nSPS) is 19.1. The summed E-state index contributed by atoms with van der Waals surface area (Å²) in [5.74, 6) is -1.79. The molecule has 0 bridgehead atoms. The molecule has 2 rings (SSSR count). The van der Waals surface area contributed by atoms with Crippen molar-refractivity contribution >= 4 is 39.0 Å². The molecule has 1 aromatic rings. The predicted molar refractivity (Wildman–Crippen MR) is 84.4 cm³/mol. The predicted octanol–water partition coefficient (Wildman–Crippen LogP) is 1.26. The molecule has 7 nitrogen and oxygen atoms in total. The van der Waals surface area contributed by atoms with E-state index in [4.69, 9.17) is 21.1 Å². The summed E-state index contributed by atoms with van der Waals surface area (Å²) in [6.45, 7) is -0.509. The number of anilines is 1. The van der Waals surface area contributed by atoms with Crippen molar-refractivity contribution < 1.29 is 27.5 Å².